The largest absolute Gasteiger partial charge is 0.384 e. The lowest BCUT2D eigenvalue weighted by Crippen LogP contribution is -2.38. The van der Waals surface area contributed by atoms with E-state index in [1.807, 2.05) is 0 Å². The van der Waals surface area contributed by atoms with Crippen molar-refractivity contribution in [3.63, 3.8) is 0 Å². The lowest BCUT2D eigenvalue weighted by Gasteiger charge is -2.39. The third-order valence-electron chi connectivity index (χ3n) is 5.65. The van der Waals surface area contributed by atoms with Gasteiger partial charge in [0, 0.05) is 42.0 Å². The number of carbonyl (C=O) groups is 1. The van der Waals surface area contributed by atoms with Crippen LogP contribution in [0, 0.1) is 31.6 Å². The van der Waals surface area contributed by atoms with Crippen LogP contribution in [0.15, 0.2) is 71.2 Å². The zero-order valence-corrected chi connectivity index (χ0v) is 16.7. The van der Waals surface area contributed by atoms with Crippen molar-refractivity contribution in [3.05, 3.63) is 97.0 Å². The van der Waals surface area contributed by atoms with Crippen molar-refractivity contribution in [2.45, 2.75) is 25.2 Å². The van der Waals surface area contributed by atoms with E-state index >= 15 is 0 Å². The molecule has 10 nitrogen and oxygen atoms in total. The first-order chi connectivity index (χ1) is 15.3. The van der Waals surface area contributed by atoms with E-state index in [0.29, 0.717) is 41.8 Å². The van der Waals surface area contributed by atoms with Gasteiger partial charge in [0.2, 0.25) is 0 Å². The molecule has 0 saturated heterocycles. The van der Waals surface area contributed by atoms with E-state index in [4.69, 9.17) is 5.73 Å². The predicted octanol–water partition coefficient (Wildman–Crippen LogP) is 3.81. The van der Waals surface area contributed by atoms with Gasteiger partial charge in [-0.05, 0) is 24.5 Å². The molecule has 0 bridgehead atoms. The molecule has 1 atom stereocenters. The first-order valence-electron chi connectivity index (χ1n) is 9.78. The number of rotatable bonds is 4. The van der Waals surface area contributed by atoms with Crippen molar-refractivity contribution in [2.75, 3.05) is 4.90 Å². The van der Waals surface area contributed by atoms with Crippen molar-refractivity contribution in [1.29, 1.82) is 5.26 Å². The molecule has 1 aliphatic heterocycles. The van der Waals surface area contributed by atoms with Crippen molar-refractivity contribution in [3.8, 4) is 6.07 Å². The maximum atomic E-state index is 13.0. The Kier molecular flexibility index (Phi) is 5.16. The van der Waals surface area contributed by atoms with Gasteiger partial charge in [0.25, 0.3) is 11.4 Å². The highest BCUT2D eigenvalue weighted by Gasteiger charge is 2.40. The molecule has 32 heavy (non-hydrogen) atoms. The number of Topliss-reactive ketones (excluding diaryl/α,β-unsaturated/α-hetero) is 1. The summed E-state index contributed by atoms with van der Waals surface area (Å²) in [6.07, 6.45) is 1.36. The molecule has 0 fully saturated rings. The molecule has 0 amide bonds. The van der Waals surface area contributed by atoms with Gasteiger partial charge in [-0.25, -0.2) is 0 Å². The second-order valence-corrected chi connectivity index (χ2v) is 7.44. The molecular formula is C22H17N5O5. The van der Waals surface area contributed by atoms with Gasteiger partial charge in [-0.1, -0.05) is 18.2 Å². The topological polar surface area (TPSA) is 156 Å². The van der Waals surface area contributed by atoms with Crippen LogP contribution >= 0.6 is 0 Å². The van der Waals surface area contributed by atoms with Crippen LogP contribution in [0.3, 0.4) is 0 Å². The van der Waals surface area contributed by atoms with Gasteiger partial charge >= 0.3 is 0 Å². The average molecular weight is 431 g/mol. The minimum absolute atomic E-state index is 0.0739. The van der Waals surface area contributed by atoms with Gasteiger partial charge in [0.05, 0.1) is 33.1 Å². The molecule has 160 valence electrons. The van der Waals surface area contributed by atoms with Crippen molar-refractivity contribution < 1.29 is 14.6 Å². The van der Waals surface area contributed by atoms with E-state index in [1.54, 1.807) is 11.0 Å². The predicted molar refractivity (Wildman–Crippen MR) is 114 cm³/mol. The van der Waals surface area contributed by atoms with Gasteiger partial charge in [-0.2, -0.15) is 5.26 Å². The first-order valence-corrected chi connectivity index (χ1v) is 9.78. The number of hydrogen-bond donors (Lipinski definition) is 1. The van der Waals surface area contributed by atoms with Gasteiger partial charge in [-0.15, -0.1) is 0 Å². The van der Waals surface area contributed by atoms with E-state index in [1.165, 1.54) is 42.5 Å². The van der Waals surface area contributed by atoms with Crippen LogP contribution in [0.4, 0.5) is 17.1 Å². The van der Waals surface area contributed by atoms with E-state index in [-0.39, 0.29) is 28.6 Å². The molecule has 0 spiro atoms. The number of ketones is 1. The Bertz CT molecular complexity index is 1260. The summed E-state index contributed by atoms with van der Waals surface area (Å²) in [5.74, 6) is -0.839. The molecular weight excluding hydrogens is 414 g/mol. The van der Waals surface area contributed by atoms with Crippen LogP contribution < -0.4 is 10.6 Å². The van der Waals surface area contributed by atoms with E-state index in [9.17, 15) is 30.3 Å². The van der Waals surface area contributed by atoms with E-state index < -0.39 is 15.8 Å². The number of hydrogen-bond acceptors (Lipinski definition) is 8. The van der Waals surface area contributed by atoms with Crippen LogP contribution in [-0.4, -0.2) is 15.6 Å². The normalized spacial score (nSPS) is 18.3. The molecule has 2 aromatic carbocycles. The number of non-ortho nitro benzene ring substituents is 2. The lowest BCUT2D eigenvalue weighted by molar-refractivity contribution is -0.385. The monoisotopic (exact) mass is 431 g/mol. The summed E-state index contributed by atoms with van der Waals surface area (Å²) in [5.41, 5.74) is 8.17. The van der Waals surface area contributed by atoms with Crippen molar-refractivity contribution in [1.82, 2.24) is 0 Å². The van der Waals surface area contributed by atoms with Gasteiger partial charge < -0.3 is 5.73 Å². The Morgan fingerprint density at radius 2 is 1.72 bits per heavy atom. The number of allylic oxidation sites excluding steroid dienone is 3. The second kappa shape index (κ2) is 7.96. The number of anilines is 1. The summed E-state index contributed by atoms with van der Waals surface area (Å²) in [6, 6.07) is 13.6. The fourth-order valence-electron chi connectivity index (χ4n) is 4.25. The van der Waals surface area contributed by atoms with Crippen molar-refractivity contribution >= 4 is 22.8 Å². The zero-order chi connectivity index (χ0) is 23.0. The highest BCUT2D eigenvalue weighted by atomic mass is 16.6. The van der Waals surface area contributed by atoms with Crippen LogP contribution in [0.1, 0.15) is 30.7 Å². The third-order valence-corrected chi connectivity index (χ3v) is 5.65. The number of nitro groups is 2. The maximum absolute atomic E-state index is 13.0. The number of nitro benzene ring substituents is 2. The van der Waals surface area contributed by atoms with Gasteiger partial charge in [0.1, 0.15) is 5.82 Å². The highest BCUT2D eigenvalue weighted by molar-refractivity contribution is 6.01. The fourth-order valence-corrected chi connectivity index (χ4v) is 4.25. The fraction of sp³-hybridized carbons (Fsp3) is 0.182. The third kappa shape index (κ3) is 3.35. The van der Waals surface area contributed by atoms with Crippen LogP contribution in [0.5, 0.6) is 0 Å². The maximum Gasteiger partial charge on any atom is 0.271 e. The van der Waals surface area contributed by atoms with Crippen LogP contribution in [0.25, 0.3) is 0 Å². The summed E-state index contributed by atoms with van der Waals surface area (Å²) in [6.45, 7) is 0. The molecule has 2 aliphatic rings. The molecule has 4 rings (SSSR count). The Morgan fingerprint density at radius 1 is 1.03 bits per heavy atom. The standard InChI is InChI=1S/C22H17N5O5/c23-12-17-20(13-7-9-14(10-8-13)26(29)30)21-18(5-2-6-19(21)28)25(22(17)24)15-3-1-4-16(11-15)27(31)32/h1,3-4,7-11,20H,2,5-6,24H2/t20-/m1/s1. The molecule has 0 radical (unpaired) electrons. The minimum Gasteiger partial charge on any atom is -0.384 e. The molecule has 0 unspecified atom stereocenters. The Morgan fingerprint density at radius 3 is 2.34 bits per heavy atom. The summed E-state index contributed by atoms with van der Waals surface area (Å²) >= 11 is 0. The molecule has 1 aliphatic carbocycles. The second-order valence-electron chi connectivity index (χ2n) is 7.44. The SMILES string of the molecule is N#CC1=C(N)N(c2cccc([N+](=O)[O-])c2)C2=C(C(=O)CCC2)[C@@H]1c1ccc([N+](=O)[O-])cc1. The number of nitrogens with two attached hydrogens (primary N) is 1. The lowest BCUT2D eigenvalue weighted by atomic mass is 9.75. The molecule has 0 aromatic heterocycles. The molecule has 2 N–H and O–H groups in total. The number of nitrogens with zero attached hydrogens (tertiary/aromatic N) is 4. The summed E-state index contributed by atoms with van der Waals surface area (Å²) in [4.78, 5) is 35.8. The summed E-state index contributed by atoms with van der Waals surface area (Å²) < 4.78 is 0. The van der Waals surface area contributed by atoms with E-state index in [0.717, 1.165) is 0 Å². The Labute approximate surface area is 182 Å². The van der Waals surface area contributed by atoms with Crippen LogP contribution in [0.2, 0.25) is 0 Å². The van der Waals surface area contributed by atoms with E-state index in [2.05, 4.69) is 6.07 Å². The number of benzene rings is 2. The highest BCUT2D eigenvalue weighted by Crippen LogP contribution is 2.46. The average Bonchev–Trinajstić information content (AvgIpc) is 2.78. The summed E-state index contributed by atoms with van der Waals surface area (Å²) in [7, 11) is 0. The first kappa shape index (κ1) is 20.7. The Hall–Kier alpha value is -4.52. The van der Waals surface area contributed by atoms with Crippen LogP contribution in [-0.2, 0) is 4.79 Å². The molecule has 0 saturated carbocycles. The zero-order valence-electron chi connectivity index (χ0n) is 16.7. The minimum atomic E-state index is -0.765. The van der Waals surface area contributed by atoms with Gasteiger partial charge in [-0.3, -0.25) is 29.9 Å². The quantitative estimate of drug-likeness (QED) is 0.565. The molecule has 10 heteroatoms. The molecule has 1 heterocycles. The smallest absolute Gasteiger partial charge is 0.271 e. The molecule has 2 aromatic rings. The number of carbonyl (C=O) groups excluding carboxylic acids is 1. The summed E-state index contributed by atoms with van der Waals surface area (Å²) in [5, 5.41) is 32.2. The number of nitriles is 1. The van der Waals surface area contributed by atoms with Gasteiger partial charge in [0.15, 0.2) is 5.78 Å². The van der Waals surface area contributed by atoms with Crippen molar-refractivity contribution in [2.24, 2.45) is 5.73 Å². The Balaban J connectivity index is 1.93.